The van der Waals surface area contributed by atoms with E-state index in [0.717, 1.165) is 13.8 Å². The Kier molecular flexibility index (Phi) is 8.25. The van der Waals surface area contributed by atoms with E-state index in [0.29, 0.717) is 0 Å². The normalized spacial score (nSPS) is 14.6. The first-order chi connectivity index (χ1) is 11.9. The summed E-state index contributed by atoms with van der Waals surface area (Å²) >= 11 is 0. The third kappa shape index (κ3) is 9.57. The standard InChI is InChI=1S/C15H24F6N2O4/c1-9(4-5-22-10(24)25)6-12(2,3)13(23-11(26)27,7-14(16,17)18)8-15(19,20)21/h9,22-23H,4-8H2,1-3H3,(H,24,25)(H,26,27). The Hall–Kier alpha value is -1.88. The molecule has 0 saturated carbocycles. The molecule has 0 aliphatic rings. The molecule has 1 atom stereocenters. The van der Waals surface area contributed by atoms with Crippen LogP contribution in [0.5, 0.6) is 0 Å². The number of halogens is 6. The van der Waals surface area contributed by atoms with Gasteiger partial charge in [0.25, 0.3) is 0 Å². The van der Waals surface area contributed by atoms with Gasteiger partial charge in [-0.15, -0.1) is 0 Å². The Morgan fingerprint density at radius 1 is 0.926 bits per heavy atom. The second-order valence-corrected chi connectivity index (χ2v) is 7.31. The molecular weight excluding hydrogens is 386 g/mol. The summed E-state index contributed by atoms with van der Waals surface area (Å²) in [7, 11) is 0. The van der Waals surface area contributed by atoms with Gasteiger partial charge in [-0.1, -0.05) is 20.8 Å². The summed E-state index contributed by atoms with van der Waals surface area (Å²) < 4.78 is 78.4. The molecule has 0 aliphatic carbocycles. The van der Waals surface area contributed by atoms with Crippen LogP contribution in [-0.2, 0) is 0 Å². The molecule has 0 spiro atoms. The van der Waals surface area contributed by atoms with Crippen molar-refractivity contribution < 1.29 is 46.1 Å². The highest BCUT2D eigenvalue weighted by molar-refractivity contribution is 5.66. The van der Waals surface area contributed by atoms with Gasteiger partial charge in [-0.05, 0) is 24.2 Å². The van der Waals surface area contributed by atoms with E-state index in [1.807, 2.05) is 0 Å². The van der Waals surface area contributed by atoms with Crippen molar-refractivity contribution in [3.8, 4) is 0 Å². The van der Waals surface area contributed by atoms with E-state index in [4.69, 9.17) is 10.2 Å². The number of rotatable bonds is 9. The van der Waals surface area contributed by atoms with Crippen LogP contribution >= 0.6 is 0 Å². The van der Waals surface area contributed by atoms with Crippen LogP contribution in [0.4, 0.5) is 35.9 Å². The van der Waals surface area contributed by atoms with Crippen molar-refractivity contribution in [1.29, 1.82) is 0 Å². The molecule has 12 heteroatoms. The topological polar surface area (TPSA) is 98.7 Å². The van der Waals surface area contributed by atoms with Crippen LogP contribution < -0.4 is 10.6 Å². The largest absolute Gasteiger partial charge is 0.465 e. The molecular formula is C15H24F6N2O4. The minimum Gasteiger partial charge on any atom is -0.465 e. The molecule has 0 fully saturated rings. The maximum absolute atomic E-state index is 13.1. The Morgan fingerprint density at radius 2 is 1.37 bits per heavy atom. The van der Waals surface area contributed by atoms with Gasteiger partial charge in [0.2, 0.25) is 0 Å². The molecule has 0 aromatic heterocycles. The molecule has 160 valence electrons. The summed E-state index contributed by atoms with van der Waals surface area (Å²) in [5, 5.41) is 21.0. The van der Waals surface area contributed by atoms with E-state index in [1.54, 1.807) is 0 Å². The summed E-state index contributed by atoms with van der Waals surface area (Å²) in [6, 6.07) is 0. The molecule has 0 bridgehead atoms. The summed E-state index contributed by atoms with van der Waals surface area (Å²) in [4.78, 5) is 21.5. The fourth-order valence-corrected chi connectivity index (χ4v) is 3.28. The number of carboxylic acid groups (broad SMARTS) is 2. The fourth-order valence-electron chi connectivity index (χ4n) is 3.28. The van der Waals surface area contributed by atoms with E-state index < -0.39 is 54.3 Å². The number of hydrogen-bond acceptors (Lipinski definition) is 2. The van der Waals surface area contributed by atoms with Gasteiger partial charge in [-0.2, -0.15) is 26.3 Å². The number of alkyl halides is 6. The first-order valence-electron chi connectivity index (χ1n) is 8.00. The smallest absolute Gasteiger partial charge is 0.405 e. The molecule has 0 saturated heterocycles. The number of nitrogens with one attached hydrogen (secondary N) is 2. The van der Waals surface area contributed by atoms with Gasteiger partial charge in [0, 0.05) is 6.54 Å². The van der Waals surface area contributed by atoms with E-state index in [9.17, 15) is 35.9 Å². The van der Waals surface area contributed by atoms with Gasteiger partial charge in [0.15, 0.2) is 0 Å². The van der Waals surface area contributed by atoms with Crippen molar-refractivity contribution in [3.63, 3.8) is 0 Å². The lowest BCUT2D eigenvalue weighted by atomic mass is 9.64. The Morgan fingerprint density at radius 3 is 1.70 bits per heavy atom. The maximum atomic E-state index is 13.1. The highest BCUT2D eigenvalue weighted by Crippen LogP contribution is 2.49. The van der Waals surface area contributed by atoms with Crippen LogP contribution in [0, 0.1) is 11.3 Å². The van der Waals surface area contributed by atoms with E-state index in [-0.39, 0.29) is 19.4 Å². The first-order valence-corrected chi connectivity index (χ1v) is 8.00. The second-order valence-electron chi connectivity index (χ2n) is 7.31. The van der Waals surface area contributed by atoms with E-state index >= 15 is 0 Å². The van der Waals surface area contributed by atoms with Crippen LogP contribution in [0.1, 0.15) is 46.5 Å². The van der Waals surface area contributed by atoms with Gasteiger partial charge in [0.1, 0.15) is 0 Å². The summed E-state index contributed by atoms with van der Waals surface area (Å²) in [6.07, 6.45) is -17.4. The van der Waals surface area contributed by atoms with Gasteiger partial charge in [0.05, 0.1) is 18.4 Å². The number of amides is 2. The minimum absolute atomic E-state index is 0.0372. The lowest BCUT2D eigenvalue weighted by Crippen LogP contribution is -2.62. The number of carbonyl (C=O) groups is 2. The SMILES string of the molecule is CC(CCNC(=O)O)CC(C)(C)C(CC(F)(F)F)(CC(F)(F)F)NC(=O)O. The van der Waals surface area contributed by atoms with E-state index in [1.165, 1.54) is 12.2 Å². The zero-order valence-electron chi connectivity index (χ0n) is 15.1. The fraction of sp³-hybridized carbons (Fsp3) is 0.867. The van der Waals surface area contributed by atoms with Crippen molar-refractivity contribution in [1.82, 2.24) is 10.6 Å². The maximum Gasteiger partial charge on any atom is 0.405 e. The van der Waals surface area contributed by atoms with Gasteiger partial charge < -0.3 is 20.8 Å². The monoisotopic (exact) mass is 410 g/mol. The summed E-state index contributed by atoms with van der Waals surface area (Å²) in [6.45, 7) is 3.78. The average molecular weight is 410 g/mol. The molecule has 1 unspecified atom stereocenters. The van der Waals surface area contributed by atoms with Crippen molar-refractivity contribution in [3.05, 3.63) is 0 Å². The predicted octanol–water partition coefficient (Wildman–Crippen LogP) is 4.61. The highest BCUT2D eigenvalue weighted by atomic mass is 19.4. The molecule has 27 heavy (non-hydrogen) atoms. The van der Waals surface area contributed by atoms with Crippen LogP contribution in [0.15, 0.2) is 0 Å². The van der Waals surface area contributed by atoms with Crippen LogP contribution in [0.2, 0.25) is 0 Å². The van der Waals surface area contributed by atoms with Crippen molar-refractivity contribution >= 4 is 12.2 Å². The molecule has 0 aromatic rings. The second kappa shape index (κ2) is 8.87. The van der Waals surface area contributed by atoms with Crippen LogP contribution in [-0.4, -0.2) is 46.8 Å². The zero-order valence-corrected chi connectivity index (χ0v) is 15.1. The molecule has 0 rings (SSSR count). The third-order valence-corrected chi connectivity index (χ3v) is 4.42. The summed E-state index contributed by atoms with van der Waals surface area (Å²) in [5.74, 6) is -0.469. The molecule has 0 heterocycles. The Bertz CT molecular complexity index is 503. The molecule has 0 aromatic carbocycles. The lowest BCUT2D eigenvalue weighted by Gasteiger charge is -2.48. The van der Waals surface area contributed by atoms with Crippen LogP contribution in [0.3, 0.4) is 0 Å². The van der Waals surface area contributed by atoms with Crippen molar-refractivity contribution in [2.75, 3.05) is 6.54 Å². The third-order valence-electron chi connectivity index (χ3n) is 4.42. The number of hydrogen-bond donors (Lipinski definition) is 4. The molecule has 2 amide bonds. The lowest BCUT2D eigenvalue weighted by molar-refractivity contribution is -0.198. The average Bonchev–Trinajstić information content (AvgIpc) is 2.31. The van der Waals surface area contributed by atoms with Gasteiger partial charge >= 0.3 is 24.5 Å². The highest BCUT2D eigenvalue weighted by Gasteiger charge is 2.57. The first kappa shape index (κ1) is 25.1. The Labute approximate surface area is 152 Å². The zero-order chi connectivity index (χ0) is 21.7. The summed E-state index contributed by atoms with van der Waals surface area (Å²) in [5.41, 5.74) is -4.57. The Balaban J connectivity index is 5.74. The minimum atomic E-state index is -5.04. The van der Waals surface area contributed by atoms with Crippen molar-refractivity contribution in [2.45, 2.75) is 64.3 Å². The van der Waals surface area contributed by atoms with E-state index in [2.05, 4.69) is 5.32 Å². The molecule has 0 aliphatic heterocycles. The molecule has 0 radical (unpaired) electrons. The van der Waals surface area contributed by atoms with Gasteiger partial charge in [-0.3, -0.25) is 0 Å². The predicted molar refractivity (Wildman–Crippen MR) is 83.4 cm³/mol. The van der Waals surface area contributed by atoms with Crippen molar-refractivity contribution in [2.24, 2.45) is 11.3 Å². The van der Waals surface area contributed by atoms with Crippen LogP contribution in [0.25, 0.3) is 0 Å². The molecule has 6 nitrogen and oxygen atoms in total. The quantitative estimate of drug-likeness (QED) is 0.417. The van der Waals surface area contributed by atoms with Gasteiger partial charge in [-0.25, -0.2) is 9.59 Å². The molecule has 4 N–H and O–H groups in total.